The van der Waals surface area contributed by atoms with Crippen LogP contribution in [0.1, 0.15) is 38.9 Å². The molecule has 0 fully saturated rings. The minimum atomic E-state index is -0.376. The van der Waals surface area contributed by atoms with E-state index in [0.29, 0.717) is 34.0 Å². The van der Waals surface area contributed by atoms with E-state index in [9.17, 15) is 14.0 Å². The normalized spacial score (nSPS) is 10.4. The lowest BCUT2D eigenvalue weighted by atomic mass is 10.1. The number of rotatable bonds is 6. The number of nitrogens with zero attached hydrogens (tertiary/aromatic N) is 2. The van der Waals surface area contributed by atoms with E-state index in [1.54, 1.807) is 49.4 Å². The van der Waals surface area contributed by atoms with Gasteiger partial charge in [-0.3, -0.25) is 9.59 Å². The number of Topliss-reactive ketones (excluding diaryl/α,β-unsaturated/α-hetero) is 1. The molecule has 2 aromatic carbocycles. The predicted octanol–water partition coefficient (Wildman–Crippen LogP) is 3.99. The number of carbonyl (C=O) groups excluding carboxylic acids is 2. The number of carbonyl (C=O) groups is 2. The van der Waals surface area contributed by atoms with Crippen molar-refractivity contribution < 1.29 is 14.0 Å². The number of aromatic nitrogens is 2. The van der Waals surface area contributed by atoms with Crippen molar-refractivity contribution in [2.24, 2.45) is 0 Å². The minimum absolute atomic E-state index is 0.0825. The fraction of sp³-hybridized carbons (Fsp3) is 0.143. The van der Waals surface area contributed by atoms with Crippen LogP contribution in [-0.2, 0) is 6.54 Å². The molecule has 7 heteroatoms. The van der Waals surface area contributed by atoms with Crippen molar-refractivity contribution in [3.05, 3.63) is 82.9 Å². The van der Waals surface area contributed by atoms with E-state index in [1.807, 2.05) is 0 Å². The summed E-state index contributed by atoms with van der Waals surface area (Å²) in [5.41, 5.74) is 2.31. The number of anilines is 2. The molecule has 28 heavy (non-hydrogen) atoms. The van der Waals surface area contributed by atoms with Crippen LogP contribution < -0.4 is 10.6 Å². The fourth-order valence-corrected chi connectivity index (χ4v) is 2.61. The third-order valence-electron chi connectivity index (χ3n) is 4.15. The number of nitrogens with one attached hydrogen (secondary N) is 2. The Bertz CT molecular complexity index is 1040. The van der Waals surface area contributed by atoms with Gasteiger partial charge < -0.3 is 10.6 Å². The van der Waals surface area contributed by atoms with E-state index < -0.39 is 0 Å². The van der Waals surface area contributed by atoms with Gasteiger partial charge in [0.2, 0.25) is 5.95 Å². The van der Waals surface area contributed by atoms with E-state index in [1.165, 1.54) is 19.2 Å². The number of benzene rings is 2. The molecule has 1 heterocycles. The number of halogens is 1. The van der Waals surface area contributed by atoms with Crippen LogP contribution in [0.25, 0.3) is 0 Å². The lowest BCUT2D eigenvalue weighted by molar-refractivity contribution is 0.101. The van der Waals surface area contributed by atoms with Crippen molar-refractivity contribution in [2.75, 3.05) is 10.6 Å². The van der Waals surface area contributed by atoms with Gasteiger partial charge in [-0.05, 0) is 32.0 Å². The molecule has 0 aliphatic carbocycles. The van der Waals surface area contributed by atoms with Crippen molar-refractivity contribution in [1.29, 1.82) is 0 Å². The molecule has 1 amide bonds. The van der Waals surface area contributed by atoms with Crippen LogP contribution in [0.2, 0.25) is 0 Å². The highest BCUT2D eigenvalue weighted by Gasteiger charge is 2.13. The van der Waals surface area contributed by atoms with Crippen LogP contribution in [0.3, 0.4) is 0 Å². The molecule has 0 aliphatic heterocycles. The zero-order chi connectivity index (χ0) is 20.1. The smallest absolute Gasteiger partial charge is 0.259 e. The topological polar surface area (TPSA) is 84.0 Å². The third-order valence-corrected chi connectivity index (χ3v) is 4.15. The van der Waals surface area contributed by atoms with Crippen LogP contribution in [0.4, 0.5) is 16.0 Å². The van der Waals surface area contributed by atoms with E-state index in [-0.39, 0.29) is 24.1 Å². The number of hydrogen-bond acceptors (Lipinski definition) is 5. The first-order valence-electron chi connectivity index (χ1n) is 8.67. The summed E-state index contributed by atoms with van der Waals surface area (Å²) in [7, 11) is 0. The van der Waals surface area contributed by atoms with Gasteiger partial charge in [0.25, 0.3) is 5.91 Å². The first-order chi connectivity index (χ1) is 13.4. The Morgan fingerprint density at radius 1 is 1.11 bits per heavy atom. The van der Waals surface area contributed by atoms with Gasteiger partial charge in [-0.1, -0.05) is 30.3 Å². The van der Waals surface area contributed by atoms with Gasteiger partial charge >= 0.3 is 0 Å². The molecule has 6 nitrogen and oxygen atoms in total. The molecule has 0 aliphatic rings. The Kier molecular flexibility index (Phi) is 5.74. The summed E-state index contributed by atoms with van der Waals surface area (Å²) in [6, 6.07) is 13.1. The Morgan fingerprint density at radius 2 is 1.89 bits per heavy atom. The standard InChI is InChI=1S/C21H19FN4O2/c1-13-18(20(28)26-17-8-5-7-15(10-17)14(2)27)12-24-21(25-13)23-11-16-6-3-4-9-19(16)22/h3-10,12H,11H2,1-2H3,(H,26,28)(H,23,24,25). The summed E-state index contributed by atoms with van der Waals surface area (Å²) in [6.07, 6.45) is 1.41. The number of hydrogen-bond donors (Lipinski definition) is 2. The average Bonchev–Trinajstić information content (AvgIpc) is 2.67. The maximum atomic E-state index is 13.7. The zero-order valence-corrected chi connectivity index (χ0v) is 15.5. The van der Waals surface area contributed by atoms with Gasteiger partial charge in [0, 0.05) is 29.6 Å². The third kappa shape index (κ3) is 4.56. The first kappa shape index (κ1) is 19.2. The maximum Gasteiger partial charge on any atom is 0.259 e. The second-order valence-corrected chi connectivity index (χ2v) is 6.23. The molecule has 142 valence electrons. The second-order valence-electron chi connectivity index (χ2n) is 6.23. The second kappa shape index (κ2) is 8.39. The highest BCUT2D eigenvalue weighted by molar-refractivity contribution is 6.05. The van der Waals surface area contributed by atoms with Crippen LogP contribution in [0.15, 0.2) is 54.7 Å². The zero-order valence-electron chi connectivity index (χ0n) is 15.5. The van der Waals surface area contributed by atoms with Gasteiger partial charge in [0.1, 0.15) is 5.82 Å². The highest BCUT2D eigenvalue weighted by atomic mass is 19.1. The largest absolute Gasteiger partial charge is 0.350 e. The fourth-order valence-electron chi connectivity index (χ4n) is 2.61. The van der Waals surface area contributed by atoms with Crippen LogP contribution >= 0.6 is 0 Å². The maximum absolute atomic E-state index is 13.7. The minimum Gasteiger partial charge on any atom is -0.350 e. The molecule has 0 unspecified atom stereocenters. The van der Waals surface area contributed by atoms with Gasteiger partial charge in [0.05, 0.1) is 11.3 Å². The van der Waals surface area contributed by atoms with Crippen LogP contribution in [0.5, 0.6) is 0 Å². The Morgan fingerprint density at radius 3 is 2.61 bits per heavy atom. The van der Waals surface area contributed by atoms with Crippen molar-refractivity contribution in [3.63, 3.8) is 0 Å². The van der Waals surface area contributed by atoms with Crippen LogP contribution in [-0.4, -0.2) is 21.7 Å². The molecule has 0 atom stereocenters. The lowest BCUT2D eigenvalue weighted by Crippen LogP contribution is -2.16. The summed E-state index contributed by atoms with van der Waals surface area (Å²) in [6.45, 7) is 3.39. The molecule has 3 rings (SSSR count). The molecular weight excluding hydrogens is 359 g/mol. The van der Waals surface area contributed by atoms with E-state index in [2.05, 4.69) is 20.6 Å². The summed E-state index contributed by atoms with van der Waals surface area (Å²) in [4.78, 5) is 32.4. The van der Waals surface area contributed by atoms with Gasteiger partial charge in [0.15, 0.2) is 5.78 Å². The number of ketones is 1. The van der Waals surface area contributed by atoms with E-state index >= 15 is 0 Å². The molecule has 0 saturated carbocycles. The van der Waals surface area contributed by atoms with Gasteiger partial charge in [-0.25, -0.2) is 14.4 Å². The lowest BCUT2D eigenvalue weighted by Gasteiger charge is -2.10. The Labute approximate surface area is 161 Å². The highest BCUT2D eigenvalue weighted by Crippen LogP contribution is 2.15. The SMILES string of the molecule is CC(=O)c1cccc(NC(=O)c2cnc(NCc3ccccc3F)nc2C)c1. The Hall–Kier alpha value is -3.61. The molecule has 0 spiro atoms. The van der Waals surface area contributed by atoms with E-state index in [0.717, 1.165) is 0 Å². The summed E-state index contributed by atoms with van der Waals surface area (Å²) in [5.74, 6) is -0.467. The monoisotopic (exact) mass is 378 g/mol. The molecule has 2 N–H and O–H groups in total. The molecule has 1 aromatic heterocycles. The average molecular weight is 378 g/mol. The van der Waals surface area contributed by atoms with Gasteiger partial charge in [-0.15, -0.1) is 0 Å². The number of amides is 1. The Balaban J connectivity index is 1.69. The molecule has 0 radical (unpaired) electrons. The molecular formula is C21H19FN4O2. The van der Waals surface area contributed by atoms with Crippen molar-refractivity contribution >= 4 is 23.3 Å². The van der Waals surface area contributed by atoms with Crippen molar-refractivity contribution in [2.45, 2.75) is 20.4 Å². The molecule has 0 bridgehead atoms. The molecule has 0 saturated heterocycles. The summed E-state index contributed by atoms with van der Waals surface area (Å²) < 4.78 is 13.7. The quantitative estimate of drug-likeness (QED) is 0.634. The summed E-state index contributed by atoms with van der Waals surface area (Å²) in [5, 5.41) is 5.68. The van der Waals surface area contributed by atoms with E-state index in [4.69, 9.17) is 0 Å². The predicted molar refractivity (Wildman–Crippen MR) is 105 cm³/mol. The van der Waals surface area contributed by atoms with Crippen molar-refractivity contribution in [3.8, 4) is 0 Å². The van der Waals surface area contributed by atoms with Gasteiger partial charge in [-0.2, -0.15) is 0 Å². The first-order valence-corrected chi connectivity index (χ1v) is 8.67. The number of aryl methyl sites for hydroxylation is 1. The summed E-state index contributed by atoms with van der Waals surface area (Å²) >= 11 is 0. The van der Waals surface area contributed by atoms with Crippen LogP contribution in [0, 0.1) is 12.7 Å². The molecule has 3 aromatic rings. The van der Waals surface area contributed by atoms with Crippen molar-refractivity contribution in [1.82, 2.24) is 9.97 Å².